The zero-order valence-corrected chi connectivity index (χ0v) is 9.65. The molecule has 1 fully saturated rings. The molecule has 1 saturated heterocycles. The summed E-state index contributed by atoms with van der Waals surface area (Å²) in [5, 5.41) is 0.790. The first-order valence-corrected chi connectivity index (χ1v) is 6.52. The second kappa shape index (κ2) is 5.89. The zero-order chi connectivity index (χ0) is 9.68. The molecule has 78 valence electrons. The van der Waals surface area contributed by atoms with E-state index in [9.17, 15) is 0 Å². The van der Waals surface area contributed by atoms with E-state index in [-0.39, 0.29) is 0 Å². The first kappa shape index (κ1) is 11.3. The quantitative estimate of drug-likeness (QED) is 0.750. The fraction of sp³-hybridized carbons (Fsp3) is 1.00. The first-order valence-electron chi connectivity index (χ1n) is 5.23. The van der Waals surface area contributed by atoms with Crippen LogP contribution in [0.1, 0.15) is 26.2 Å². The monoisotopic (exact) mass is 202 g/mol. The minimum absolute atomic E-state index is 0.429. The number of hydrogen-bond acceptors (Lipinski definition) is 3. The molecule has 1 rings (SSSR count). The van der Waals surface area contributed by atoms with Gasteiger partial charge in [-0.15, -0.1) is 0 Å². The molecule has 0 spiro atoms. The van der Waals surface area contributed by atoms with E-state index in [1.165, 1.54) is 32.4 Å². The number of piperidine rings is 1. The fourth-order valence-electron chi connectivity index (χ4n) is 1.78. The smallest absolute Gasteiger partial charge is 0.0168 e. The summed E-state index contributed by atoms with van der Waals surface area (Å²) in [6.07, 6.45) is 5.99. The van der Waals surface area contributed by atoms with Crippen LogP contribution in [-0.2, 0) is 0 Å². The van der Waals surface area contributed by atoms with Gasteiger partial charge in [0.05, 0.1) is 0 Å². The van der Waals surface area contributed by atoms with Gasteiger partial charge in [0.25, 0.3) is 0 Å². The SMILES string of the molecule is CSC(C)CCN1CCCC(N)C1. The summed E-state index contributed by atoms with van der Waals surface area (Å²) in [4.78, 5) is 2.51. The topological polar surface area (TPSA) is 29.3 Å². The number of hydrogen-bond donors (Lipinski definition) is 1. The predicted molar refractivity (Wildman–Crippen MR) is 61.2 cm³/mol. The lowest BCUT2D eigenvalue weighted by Gasteiger charge is -2.31. The van der Waals surface area contributed by atoms with E-state index in [4.69, 9.17) is 5.73 Å². The van der Waals surface area contributed by atoms with Crippen LogP contribution < -0.4 is 5.73 Å². The Labute approximate surface area is 86.2 Å². The third kappa shape index (κ3) is 4.34. The molecule has 0 saturated carbocycles. The standard InChI is InChI=1S/C10H22N2S/c1-9(13-2)5-7-12-6-3-4-10(11)8-12/h9-10H,3-8,11H2,1-2H3. The van der Waals surface area contributed by atoms with Gasteiger partial charge in [0.2, 0.25) is 0 Å². The van der Waals surface area contributed by atoms with Crippen LogP contribution in [0.2, 0.25) is 0 Å². The van der Waals surface area contributed by atoms with E-state index in [2.05, 4.69) is 18.1 Å². The van der Waals surface area contributed by atoms with E-state index >= 15 is 0 Å². The third-order valence-corrected chi connectivity index (χ3v) is 3.84. The van der Waals surface area contributed by atoms with Gasteiger partial charge in [-0.3, -0.25) is 0 Å². The Balaban J connectivity index is 2.13. The summed E-state index contributed by atoms with van der Waals surface area (Å²) in [5.41, 5.74) is 5.92. The van der Waals surface area contributed by atoms with Crippen molar-refractivity contribution in [1.82, 2.24) is 4.90 Å². The van der Waals surface area contributed by atoms with Crippen molar-refractivity contribution in [2.75, 3.05) is 25.9 Å². The Morgan fingerprint density at radius 2 is 2.38 bits per heavy atom. The Morgan fingerprint density at radius 1 is 1.62 bits per heavy atom. The van der Waals surface area contributed by atoms with Crippen LogP contribution in [0.25, 0.3) is 0 Å². The summed E-state index contributed by atoms with van der Waals surface area (Å²) >= 11 is 1.96. The normalized spacial score (nSPS) is 27.5. The molecule has 0 aromatic heterocycles. The maximum absolute atomic E-state index is 5.92. The molecule has 0 amide bonds. The van der Waals surface area contributed by atoms with Crippen molar-refractivity contribution in [2.45, 2.75) is 37.5 Å². The molecule has 0 radical (unpaired) electrons. The Hall–Kier alpha value is 0.270. The Kier molecular flexibility index (Phi) is 5.14. The first-order chi connectivity index (χ1) is 6.22. The molecule has 13 heavy (non-hydrogen) atoms. The lowest BCUT2D eigenvalue weighted by Crippen LogP contribution is -2.43. The molecule has 2 nitrogen and oxygen atoms in total. The summed E-state index contributed by atoms with van der Waals surface area (Å²) in [7, 11) is 0. The molecule has 2 atom stereocenters. The molecule has 2 unspecified atom stereocenters. The second-order valence-electron chi connectivity index (χ2n) is 4.04. The summed E-state index contributed by atoms with van der Waals surface area (Å²) in [5.74, 6) is 0. The lowest BCUT2D eigenvalue weighted by atomic mass is 10.1. The van der Waals surface area contributed by atoms with E-state index in [0.717, 1.165) is 11.8 Å². The van der Waals surface area contributed by atoms with Crippen molar-refractivity contribution in [1.29, 1.82) is 0 Å². The van der Waals surface area contributed by atoms with E-state index in [0.29, 0.717) is 6.04 Å². The number of likely N-dealkylation sites (tertiary alicyclic amines) is 1. The van der Waals surface area contributed by atoms with Crippen molar-refractivity contribution in [2.24, 2.45) is 5.73 Å². The van der Waals surface area contributed by atoms with Crippen LogP contribution in [0.5, 0.6) is 0 Å². The van der Waals surface area contributed by atoms with Crippen LogP contribution in [0, 0.1) is 0 Å². The minimum atomic E-state index is 0.429. The molecule has 1 aliphatic heterocycles. The van der Waals surface area contributed by atoms with Gasteiger partial charge in [-0.25, -0.2) is 0 Å². The predicted octanol–water partition coefficient (Wildman–Crippen LogP) is 1.55. The molecule has 1 heterocycles. The van der Waals surface area contributed by atoms with Crippen LogP contribution in [-0.4, -0.2) is 42.1 Å². The van der Waals surface area contributed by atoms with Gasteiger partial charge in [0, 0.05) is 17.8 Å². The van der Waals surface area contributed by atoms with Crippen LogP contribution in [0.3, 0.4) is 0 Å². The van der Waals surface area contributed by atoms with Crippen molar-refractivity contribution in [3.63, 3.8) is 0 Å². The van der Waals surface area contributed by atoms with Gasteiger partial charge >= 0.3 is 0 Å². The molecule has 0 aromatic carbocycles. The number of thioether (sulfide) groups is 1. The maximum atomic E-state index is 5.92. The van der Waals surface area contributed by atoms with Crippen molar-refractivity contribution >= 4 is 11.8 Å². The number of nitrogens with two attached hydrogens (primary N) is 1. The van der Waals surface area contributed by atoms with E-state index in [1.807, 2.05) is 11.8 Å². The largest absolute Gasteiger partial charge is 0.327 e. The van der Waals surface area contributed by atoms with Gasteiger partial charge in [0.1, 0.15) is 0 Å². The summed E-state index contributed by atoms with van der Waals surface area (Å²) < 4.78 is 0. The van der Waals surface area contributed by atoms with Gasteiger partial charge < -0.3 is 10.6 Å². The Morgan fingerprint density at radius 3 is 3.00 bits per heavy atom. The highest BCUT2D eigenvalue weighted by Crippen LogP contribution is 2.13. The number of nitrogens with zero attached hydrogens (tertiary/aromatic N) is 1. The van der Waals surface area contributed by atoms with Gasteiger partial charge in [-0.1, -0.05) is 6.92 Å². The highest BCUT2D eigenvalue weighted by molar-refractivity contribution is 7.99. The molecular weight excluding hydrogens is 180 g/mol. The molecule has 2 N–H and O–H groups in total. The minimum Gasteiger partial charge on any atom is -0.327 e. The average Bonchev–Trinajstić information content (AvgIpc) is 2.14. The molecule has 3 heteroatoms. The van der Waals surface area contributed by atoms with E-state index in [1.54, 1.807) is 0 Å². The maximum Gasteiger partial charge on any atom is 0.0168 e. The molecular formula is C10H22N2S. The van der Waals surface area contributed by atoms with Crippen LogP contribution in [0.4, 0.5) is 0 Å². The molecule has 0 bridgehead atoms. The third-order valence-electron chi connectivity index (χ3n) is 2.80. The highest BCUT2D eigenvalue weighted by atomic mass is 32.2. The van der Waals surface area contributed by atoms with Gasteiger partial charge in [-0.2, -0.15) is 11.8 Å². The average molecular weight is 202 g/mol. The highest BCUT2D eigenvalue weighted by Gasteiger charge is 2.16. The van der Waals surface area contributed by atoms with Crippen molar-refractivity contribution < 1.29 is 0 Å². The molecule has 1 aliphatic rings. The molecule has 0 aliphatic carbocycles. The fourth-order valence-corrected chi connectivity index (χ4v) is 2.12. The van der Waals surface area contributed by atoms with Crippen LogP contribution in [0.15, 0.2) is 0 Å². The van der Waals surface area contributed by atoms with Crippen molar-refractivity contribution in [3.8, 4) is 0 Å². The summed E-state index contributed by atoms with van der Waals surface area (Å²) in [6, 6.07) is 0.429. The lowest BCUT2D eigenvalue weighted by molar-refractivity contribution is 0.207. The van der Waals surface area contributed by atoms with Crippen LogP contribution >= 0.6 is 11.8 Å². The van der Waals surface area contributed by atoms with Crippen molar-refractivity contribution in [3.05, 3.63) is 0 Å². The number of rotatable bonds is 4. The van der Waals surface area contributed by atoms with Gasteiger partial charge in [0.15, 0.2) is 0 Å². The summed E-state index contributed by atoms with van der Waals surface area (Å²) in [6.45, 7) is 5.90. The van der Waals surface area contributed by atoms with E-state index < -0.39 is 0 Å². The second-order valence-corrected chi connectivity index (χ2v) is 5.31. The molecule has 0 aromatic rings. The Bertz CT molecular complexity index is 141. The zero-order valence-electron chi connectivity index (χ0n) is 8.83. The van der Waals surface area contributed by atoms with Gasteiger partial charge in [-0.05, 0) is 38.6 Å².